The third-order valence-corrected chi connectivity index (χ3v) is 5.26. The Labute approximate surface area is 202 Å². The molecule has 6 nitrogen and oxygen atoms in total. The van der Waals surface area contributed by atoms with E-state index in [4.69, 9.17) is 14.2 Å². The summed E-state index contributed by atoms with van der Waals surface area (Å²) in [6.45, 7) is 6.32. The second kappa shape index (κ2) is 13.5. The van der Waals surface area contributed by atoms with E-state index < -0.39 is 0 Å². The highest BCUT2D eigenvalue weighted by Gasteiger charge is 2.17. The maximum atomic E-state index is 6.15. The summed E-state index contributed by atoms with van der Waals surface area (Å²) in [5.74, 6) is 2.15. The van der Waals surface area contributed by atoms with Gasteiger partial charge in [0.1, 0.15) is 5.75 Å². The van der Waals surface area contributed by atoms with Crippen molar-refractivity contribution < 1.29 is 14.2 Å². The zero-order valence-corrected chi connectivity index (χ0v) is 21.0. The minimum atomic E-state index is 0. The number of benzene rings is 2. The Morgan fingerprint density at radius 1 is 1.10 bits per heavy atom. The largest absolute Gasteiger partial charge is 0.493 e. The molecule has 0 amide bonds. The van der Waals surface area contributed by atoms with Crippen LogP contribution in [0.15, 0.2) is 47.5 Å². The molecule has 1 unspecified atom stereocenters. The molecule has 0 aliphatic carbocycles. The van der Waals surface area contributed by atoms with E-state index in [-0.39, 0.29) is 24.0 Å². The molecule has 1 aliphatic rings. The average Bonchev–Trinajstić information content (AvgIpc) is 3.28. The topological polar surface area (TPSA) is 64.1 Å². The van der Waals surface area contributed by atoms with Crippen molar-refractivity contribution in [3.05, 3.63) is 64.7 Å². The number of nitrogens with zero attached hydrogens (tertiary/aromatic N) is 1. The van der Waals surface area contributed by atoms with Crippen LogP contribution >= 0.6 is 24.0 Å². The first-order valence-electron chi connectivity index (χ1n) is 10.5. The highest BCUT2D eigenvalue weighted by Crippen LogP contribution is 2.22. The lowest BCUT2D eigenvalue weighted by Crippen LogP contribution is -2.36. The molecule has 1 heterocycles. The number of aliphatic imine (C=N–C) groups is 1. The summed E-state index contributed by atoms with van der Waals surface area (Å²) in [5, 5.41) is 6.79. The van der Waals surface area contributed by atoms with Gasteiger partial charge in [-0.2, -0.15) is 0 Å². The molecule has 170 valence electrons. The quantitative estimate of drug-likeness (QED) is 0.286. The van der Waals surface area contributed by atoms with Gasteiger partial charge in [0.2, 0.25) is 0 Å². The van der Waals surface area contributed by atoms with E-state index in [0.717, 1.165) is 36.9 Å². The average molecular weight is 539 g/mol. The van der Waals surface area contributed by atoms with Crippen molar-refractivity contribution in [1.29, 1.82) is 0 Å². The molecule has 31 heavy (non-hydrogen) atoms. The van der Waals surface area contributed by atoms with Crippen molar-refractivity contribution in [3.63, 3.8) is 0 Å². The van der Waals surface area contributed by atoms with Gasteiger partial charge < -0.3 is 24.8 Å². The van der Waals surface area contributed by atoms with Gasteiger partial charge in [0.05, 0.1) is 19.8 Å². The predicted molar refractivity (Wildman–Crippen MR) is 135 cm³/mol. The van der Waals surface area contributed by atoms with Crippen LogP contribution in [0, 0.1) is 12.8 Å². The van der Waals surface area contributed by atoms with E-state index in [1.807, 2.05) is 12.1 Å². The first kappa shape index (κ1) is 25.4. The standard InChI is InChI=1S/C24H33N3O3.HI/c1-18-8-9-21(23(12-18)30-16-19-10-11-29-15-19)14-27-24(25-2)26-13-20-6-4-5-7-22(20)17-28-3;/h4-9,12,19H,10-11,13-17H2,1-3H3,(H2,25,26,27);1H. The highest BCUT2D eigenvalue weighted by molar-refractivity contribution is 14.0. The van der Waals surface area contributed by atoms with Crippen molar-refractivity contribution in [2.45, 2.75) is 33.0 Å². The van der Waals surface area contributed by atoms with Gasteiger partial charge in [-0.05, 0) is 36.1 Å². The fourth-order valence-electron chi connectivity index (χ4n) is 3.47. The number of hydrogen-bond donors (Lipinski definition) is 2. The van der Waals surface area contributed by atoms with Crippen LogP contribution in [0.1, 0.15) is 28.7 Å². The fraction of sp³-hybridized carbons (Fsp3) is 0.458. The molecule has 3 rings (SSSR count). The molecule has 1 fully saturated rings. The second-order valence-corrected chi connectivity index (χ2v) is 7.63. The van der Waals surface area contributed by atoms with Crippen LogP contribution in [0.25, 0.3) is 0 Å². The Morgan fingerprint density at radius 2 is 1.84 bits per heavy atom. The van der Waals surface area contributed by atoms with E-state index in [1.165, 1.54) is 16.7 Å². The molecule has 0 saturated carbocycles. The van der Waals surface area contributed by atoms with Crippen LogP contribution in [0.4, 0.5) is 0 Å². The molecule has 0 bridgehead atoms. The number of rotatable bonds is 9. The maximum Gasteiger partial charge on any atom is 0.191 e. The van der Waals surface area contributed by atoms with Crippen molar-refractivity contribution in [3.8, 4) is 5.75 Å². The van der Waals surface area contributed by atoms with Crippen LogP contribution in [0.2, 0.25) is 0 Å². The summed E-state index contributed by atoms with van der Waals surface area (Å²) in [4.78, 5) is 4.36. The zero-order valence-electron chi connectivity index (χ0n) is 18.6. The number of nitrogens with one attached hydrogen (secondary N) is 2. The minimum absolute atomic E-state index is 0. The molecule has 1 saturated heterocycles. The summed E-state index contributed by atoms with van der Waals surface area (Å²) < 4.78 is 16.9. The first-order valence-corrected chi connectivity index (χ1v) is 10.5. The van der Waals surface area contributed by atoms with Crippen molar-refractivity contribution in [2.75, 3.05) is 34.0 Å². The molecule has 0 radical (unpaired) electrons. The van der Waals surface area contributed by atoms with Gasteiger partial charge in [-0.1, -0.05) is 36.4 Å². The summed E-state index contributed by atoms with van der Waals surface area (Å²) in [5.41, 5.74) is 4.67. The normalized spacial score (nSPS) is 16.0. The molecule has 2 N–H and O–H groups in total. The fourth-order valence-corrected chi connectivity index (χ4v) is 3.47. The molecular weight excluding hydrogens is 505 g/mol. The third-order valence-electron chi connectivity index (χ3n) is 5.26. The summed E-state index contributed by atoms with van der Waals surface area (Å²) in [7, 11) is 3.49. The van der Waals surface area contributed by atoms with Gasteiger partial charge in [0.15, 0.2) is 5.96 Å². The molecule has 0 spiro atoms. The van der Waals surface area contributed by atoms with Crippen LogP contribution in [0.3, 0.4) is 0 Å². The van der Waals surface area contributed by atoms with Crippen LogP contribution in [0.5, 0.6) is 5.75 Å². The van der Waals surface area contributed by atoms with E-state index in [0.29, 0.717) is 32.2 Å². The predicted octanol–water partition coefficient (Wildman–Crippen LogP) is 4.04. The second-order valence-electron chi connectivity index (χ2n) is 7.63. The number of hydrogen-bond acceptors (Lipinski definition) is 4. The molecule has 7 heteroatoms. The maximum absolute atomic E-state index is 6.15. The van der Waals surface area contributed by atoms with Gasteiger partial charge in [-0.25, -0.2) is 0 Å². The van der Waals surface area contributed by atoms with Gasteiger partial charge in [0.25, 0.3) is 0 Å². The zero-order chi connectivity index (χ0) is 21.2. The van der Waals surface area contributed by atoms with E-state index in [9.17, 15) is 0 Å². The molecule has 2 aromatic rings. The van der Waals surface area contributed by atoms with Crippen LogP contribution in [-0.4, -0.2) is 39.9 Å². The SMILES string of the molecule is CN=C(NCc1ccccc1COC)NCc1ccc(C)cc1OCC1CCOC1.I. The van der Waals surface area contributed by atoms with Gasteiger partial charge in [-0.3, -0.25) is 4.99 Å². The lowest BCUT2D eigenvalue weighted by molar-refractivity contribution is 0.166. The third kappa shape index (κ3) is 7.97. The Kier molecular flexibility index (Phi) is 11.1. The van der Waals surface area contributed by atoms with Crippen LogP contribution < -0.4 is 15.4 Å². The Bertz CT molecular complexity index is 839. The molecule has 2 aromatic carbocycles. The molecule has 1 aliphatic heterocycles. The number of aryl methyl sites for hydroxylation is 1. The smallest absolute Gasteiger partial charge is 0.191 e. The minimum Gasteiger partial charge on any atom is -0.493 e. The number of ether oxygens (including phenoxy) is 3. The van der Waals surface area contributed by atoms with Gasteiger partial charge in [-0.15, -0.1) is 24.0 Å². The van der Waals surface area contributed by atoms with Crippen LogP contribution in [-0.2, 0) is 29.2 Å². The lowest BCUT2D eigenvalue weighted by atomic mass is 10.1. The van der Waals surface area contributed by atoms with E-state index >= 15 is 0 Å². The number of halogens is 1. The summed E-state index contributed by atoms with van der Waals surface area (Å²) >= 11 is 0. The Hall–Kier alpha value is -1.84. The Morgan fingerprint density at radius 3 is 2.52 bits per heavy atom. The molecular formula is C24H34IN3O3. The Balaban J connectivity index is 0.00000341. The monoisotopic (exact) mass is 539 g/mol. The van der Waals surface area contributed by atoms with Crippen molar-refractivity contribution in [1.82, 2.24) is 10.6 Å². The first-order chi connectivity index (χ1) is 14.7. The van der Waals surface area contributed by atoms with Gasteiger partial charge in [0, 0.05) is 45.3 Å². The number of methoxy groups -OCH3 is 1. The van der Waals surface area contributed by atoms with Crippen molar-refractivity contribution in [2.24, 2.45) is 10.9 Å². The number of guanidine groups is 1. The molecule has 1 atom stereocenters. The lowest BCUT2D eigenvalue weighted by Gasteiger charge is -2.17. The summed E-state index contributed by atoms with van der Waals surface area (Å²) in [6.07, 6.45) is 1.07. The van der Waals surface area contributed by atoms with Gasteiger partial charge >= 0.3 is 0 Å². The van der Waals surface area contributed by atoms with E-state index in [2.05, 4.69) is 52.9 Å². The summed E-state index contributed by atoms with van der Waals surface area (Å²) in [6, 6.07) is 14.6. The highest BCUT2D eigenvalue weighted by atomic mass is 127. The molecule has 0 aromatic heterocycles. The van der Waals surface area contributed by atoms with Crippen molar-refractivity contribution >= 4 is 29.9 Å². The van der Waals surface area contributed by atoms with E-state index in [1.54, 1.807) is 14.2 Å².